The van der Waals surface area contributed by atoms with E-state index < -0.39 is 20.8 Å². The Morgan fingerprint density at radius 1 is 0.963 bits per heavy atom. The van der Waals surface area contributed by atoms with Gasteiger partial charge < -0.3 is 14.9 Å². The van der Waals surface area contributed by atoms with E-state index in [-0.39, 0.29) is 14.9 Å². The van der Waals surface area contributed by atoms with Crippen LogP contribution in [0.25, 0.3) is 0 Å². The Hall–Kier alpha value is 1.64. The molecule has 4 rings (SSSR count). The van der Waals surface area contributed by atoms with Gasteiger partial charge in [0.25, 0.3) is 0 Å². The Morgan fingerprint density at radius 2 is 1.41 bits per heavy atom. The minimum absolute atomic E-state index is 0. The van der Waals surface area contributed by atoms with Crippen molar-refractivity contribution < 1.29 is 20.8 Å². The van der Waals surface area contributed by atoms with Gasteiger partial charge in [-0.25, -0.2) is 0 Å². The van der Waals surface area contributed by atoms with Crippen molar-refractivity contribution in [1.29, 1.82) is 0 Å². The molecule has 2 aliphatic heterocycles. The van der Waals surface area contributed by atoms with Crippen molar-refractivity contribution >= 4 is 40.5 Å². The average Bonchev–Trinajstić information content (AvgIpc) is 3.22. The fraction of sp³-hybridized carbons (Fsp3) is 0.727. The molecule has 0 aromatic carbocycles. The molecule has 0 spiro atoms. The summed E-state index contributed by atoms with van der Waals surface area (Å²) in [5.41, 5.74) is 0.490. The third-order valence-electron chi connectivity index (χ3n) is 7.02. The zero-order valence-corrected chi connectivity index (χ0v) is 23.5. The van der Waals surface area contributed by atoms with Gasteiger partial charge in [-0.05, 0) is 71.5 Å². The van der Waals surface area contributed by atoms with Crippen molar-refractivity contribution in [3.8, 4) is 0 Å². The predicted octanol–water partition coefficient (Wildman–Crippen LogP) is 8.63. The maximum absolute atomic E-state index is 4.93. The van der Waals surface area contributed by atoms with Gasteiger partial charge in [0.05, 0.1) is 0 Å². The van der Waals surface area contributed by atoms with Crippen LogP contribution in [0, 0.1) is 49.9 Å². The van der Waals surface area contributed by atoms with Gasteiger partial charge in [0.15, 0.2) is 0 Å². The number of rotatable bonds is 2. The molecule has 0 N–H and O–H groups in total. The van der Waals surface area contributed by atoms with Crippen LogP contribution in [0.2, 0.25) is 0 Å². The summed E-state index contributed by atoms with van der Waals surface area (Å²) in [4.78, 5) is 3.16. The summed E-state index contributed by atoms with van der Waals surface area (Å²) in [5.74, 6) is 4.38. The number of fused-ring (bicyclic) bond motifs is 3. The van der Waals surface area contributed by atoms with Crippen LogP contribution in [0.15, 0.2) is 22.0 Å². The van der Waals surface area contributed by atoms with Crippen molar-refractivity contribution in [1.82, 2.24) is 0 Å². The molecular weight excluding hydrogens is 491 g/mol. The van der Waals surface area contributed by atoms with E-state index >= 15 is 0 Å². The molecule has 0 bridgehead atoms. The van der Waals surface area contributed by atoms with E-state index in [0.29, 0.717) is 5.41 Å². The Labute approximate surface area is 196 Å². The monoisotopic (exact) mass is 524 g/mol. The first kappa shape index (κ1) is 26.7. The molecule has 6 unspecified atom stereocenters. The Bertz CT molecular complexity index is 529. The molecule has 27 heavy (non-hydrogen) atoms. The molecule has 2 aliphatic carbocycles. The second-order valence-electron chi connectivity index (χ2n) is 8.91. The van der Waals surface area contributed by atoms with Crippen LogP contribution in [0.3, 0.4) is 0 Å². The van der Waals surface area contributed by atoms with Crippen molar-refractivity contribution in [2.75, 3.05) is 0 Å². The van der Waals surface area contributed by atoms with E-state index in [4.69, 9.17) is 17.0 Å². The van der Waals surface area contributed by atoms with Gasteiger partial charge in [-0.2, -0.15) is 0 Å². The SMILES string of the molecule is CC1=CC2C3C=C(C)SC3C(C(C)(C)C3CCC(C)C3)C2S1.[CH3-].[CH3-].[Cl][Zr+2][Cl]. The Kier molecular flexibility index (Phi) is 10.7. The third-order valence-corrected chi connectivity index (χ3v) is 9.79. The molecule has 4 aliphatic rings. The molecular formula is C22H36Cl2S2Zr. The molecule has 0 aromatic rings. The van der Waals surface area contributed by atoms with Crippen LogP contribution in [-0.4, -0.2) is 10.5 Å². The molecule has 0 saturated heterocycles. The Balaban J connectivity index is 0.000000686. The zero-order valence-electron chi connectivity index (χ0n) is 17.9. The van der Waals surface area contributed by atoms with Gasteiger partial charge in [-0.1, -0.05) is 39.3 Å². The second kappa shape index (κ2) is 10.8. The first-order chi connectivity index (χ1) is 11.8. The van der Waals surface area contributed by atoms with E-state index in [1.165, 1.54) is 19.3 Å². The van der Waals surface area contributed by atoms with Crippen molar-refractivity contribution in [3.05, 3.63) is 36.8 Å². The molecule has 5 heteroatoms. The molecule has 2 saturated carbocycles. The molecule has 0 nitrogen and oxygen atoms in total. The molecule has 0 aromatic heterocycles. The summed E-state index contributed by atoms with van der Waals surface area (Å²) in [7, 11) is 9.87. The van der Waals surface area contributed by atoms with Crippen LogP contribution in [0.5, 0.6) is 0 Å². The third kappa shape index (κ3) is 5.29. The molecule has 0 radical (unpaired) electrons. The number of hydrogen-bond donors (Lipinski definition) is 0. The molecule has 2 fully saturated rings. The topological polar surface area (TPSA) is 0 Å². The quantitative estimate of drug-likeness (QED) is 0.330. The van der Waals surface area contributed by atoms with Gasteiger partial charge in [0.2, 0.25) is 0 Å². The zero-order chi connectivity index (χ0) is 18.4. The summed E-state index contributed by atoms with van der Waals surface area (Å²) in [6.45, 7) is 12.4. The van der Waals surface area contributed by atoms with Gasteiger partial charge in [0.1, 0.15) is 0 Å². The first-order valence-corrected chi connectivity index (χ1v) is 17.5. The maximum atomic E-state index is 4.93. The minimum atomic E-state index is -0.826. The van der Waals surface area contributed by atoms with Crippen LogP contribution in [0.4, 0.5) is 0 Å². The van der Waals surface area contributed by atoms with Crippen molar-refractivity contribution in [2.24, 2.45) is 35.0 Å². The summed E-state index contributed by atoms with van der Waals surface area (Å²) in [6.07, 6.45) is 9.60. The number of halogens is 2. The van der Waals surface area contributed by atoms with Crippen LogP contribution in [-0.2, 0) is 20.8 Å². The van der Waals surface area contributed by atoms with E-state index in [9.17, 15) is 0 Å². The summed E-state index contributed by atoms with van der Waals surface area (Å²) < 4.78 is 0. The fourth-order valence-corrected chi connectivity index (χ4v) is 9.47. The number of hydrogen-bond acceptors (Lipinski definition) is 2. The Morgan fingerprint density at radius 3 is 1.78 bits per heavy atom. The summed E-state index contributed by atoms with van der Waals surface area (Å²) >= 11 is 3.59. The van der Waals surface area contributed by atoms with E-state index in [2.05, 4.69) is 70.3 Å². The second-order valence-corrected chi connectivity index (χ2v) is 15.5. The predicted molar refractivity (Wildman–Crippen MR) is 126 cm³/mol. The molecule has 6 atom stereocenters. The number of allylic oxidation sites excluding steroid dienone is 4. The summed E-state index contributed by atoms with van der Waals surface area (Å²) in [6, 6.07) is 0. The normalized spacial score (nSPS) is 39.0. The van der Waals surface area contributed by atoms with Crippen LogP contribution in [0.1, 0.15) is 53.9 Å². The first-order valence-electron chi connectivity index (χ1n) is 9.46. The fourth-order valence-electron chi connectivity index (χ4n) is 5.87. The number of thioether (sulfide) groups is 2. The summed E-state index contributed by atoms with van der Waals surface area (Å²) in [5, 5.41) is 1.69. The van der Waals surface area contributed by atoms with Gasteiger partial charge in [-0.15, -0.1) is 23.5 Å². The van der Waals surface area contributed by atoms with Gasteiger partial charge in [0, 0.05) is 10.5 Å². The molecule has 2 heterocycles. The standard InChI is InChI=1S/C20H30S2.2CH3.2ClH.Zr/c1-11-6-7-14(8-11)20(4,5)17-18-15(9-12(2)21-18)16-10-13(3)22-19(16)17;;;;;/h9-11,14-19H,6-8H2,1-5H3;2*1H3;2*1H;/q;2*-1;;;+4/p-2. The molecule has 154 valence electrons. The molecule has 0 amide bonds. The van der Waals surface area contributed by atoms with E-state index in [0.717, 1.165) is 40.1 Å². The van der Waals surface area contributed by atoms with Gasteiger partial charge >= 0.3 is 37.9 Å². The van der Waals surface area contributed by atoms with Crippen LogP contribution >= 0.6 is 40.5 Å². The van der Waals surface area contributed by atoms with Gasteiger partial charge in [-0.3, -0.25) is 0 Å². The average molecular weight is 527 g/mol. The van der Waals surface area contributed by atoms with E-state index in [1.807, 2.05) is 0 Å². The van der Waals surface area contributed by atoms with Crippen molar-refractivity contribution in [3.63, 3.8) is 0 Å². The van der Waals surface area contributed by atoms with Crippen LogP contribution < -0.4 is 0 Å². The van der Waals surface area contributed by atoms with E-state index in [1.54, 1.807) is 9.81 Å². The van der Waals surface area contributed by atoms with Crippen molar-refractivity contribution in [2.45, 2.75) is 64.4 Å².